The van der Waals surface area contributed by atoms with Gasteiger partial charge >= 0.3 is 6.03 Å². The molecule has 1 aromatic heterocycles. The second kappa shape index (κ2) is 9.21. The summed E-state index contributed by atoms with van der Waals surface area (Å²) in [6, 6.07) is 23.7. The molecule has 0 saturated carbocycles. The fraction of sp³-hybridized carbons (Fsp3) is 0.214. The van der Waals surface area contributed by atoms with Gasteiger partial charge in [-0.3, -0.25) is 9.88 Å². The summed E-state index contributed by atoms with van der Waals surface area (Å²) in [4.78, 5) is 21.7. The topological polar surface area (TPSA) is 57.7 Å². The Balaban J connectivity index is 1.07. The van der Waals surface area contributed by atoms with Crippen LogP contribution in [0.25, 0.3) is 10.8 Å². The number of pyridine rings is 1. The molecule has 2 fully saturated rings. The predicted octanol–water partition coefficient (Wildman–Crippen LogP) is 6.03. The quantitative estimate of drug-likeness (QED) is 0.376. The highest BCUT2D eigenvalue weighted by Crippen LogP contribution is 2.34. The van der Waals surface area contributed by atoms with Gasteiger partial charge in [0.15, 0.2) is 0 Å². The Morgan fingerprint density at radius 2 is 1.83 bits per heavy atom. The third-order valence-electron chi connectivity index (χ3n) is 6.84. The number of likely N-dealkylation sites (tertiary alicyclic amines) is 2. The third-order valence-corrected chi connectivity index (χ3v) is 7.09. The van der Waals surface area contributed by atoms with Gasteiger partial charge in [0.05, 0.1) is 17.9 Å². The first-order valence-electron chi connectivity index (χ1n) is 11.8. The molecule has 2 saturated heterocycles. The molecule has 0 bridgehead atoms. The smallest absolute Gasteiger partial charge is 0.322 e. The van der Waals surface area contributed by atoms with Gasteiger partial charge in [-0.1, -0.05) is 48.0 Å². The highest BCUT2D eigenvalue weighted by molar-refractivity contribution is 6.30. The Labute approximate surface area is 209 Å². The van der Waals surface area contributed by atoms with E-state index in [2.05, 4.69) is 27.3 Å². The number of hydrogen-bond acceptors (Lipinski definition) is 4. The number of carbonyl (C=O) groups is 1. The van der Waals surface area contributed by atoms with Crippen molar-refractivity contribution in [2.75, 3.05) is 25.0 Å². The Bertz CT molecular complexity index is 1370. The number of aromatic nitrogens is 1. The van der Waals surface area contributed by atoms with Crippen molar-refractivity contribution in [1.29, 1.82) is 0 Å². The number of amides is 2. The van der Waals surface area contributed by atoms with Crippen LogP contribution in [0.3, 0.4) is 0 Å². The van der Waals surface area contributed by atoms with Crippen LogP contribution in [0.5, 0.6) is 11.5 Å². The fourth-order valence-electron chi connectivity index (χ4n) is 5.09. The molecule has 7 heteroatoms. The molecule has 0 radical (unpaired) electrons. The highest BCUT2D eigenvalue weighted by atomic mass is 35.5. The molecule has 35 heavy (non-hydrogen) atoms. The van der Waals surface area contributed by atoms with Gasteiger partial charge in [-0.25, -0.2) is 4.79 Å². The first kappa shape index (κ1) is 21.9. The second-order valence-corrected chi connectivity index (χ2v) is 9.65. The highest BCUT2D eigenvalue weighted by Gasteiger charge is 2.47. The molecule has 4 aromatic rings. The lowest BCUT2D eigenvalue weighted by Crippen LogP contribution is -2.59. The predicted molar refractivity (Wildman–Crippen MR) is 138 cm³/mol. The summed E-state index contributed by atoms with van der Waals surface area (Å²) < 4.78 is 5.99. The fourth-order valence-corrected chi connectivity index (χ4v) is 5.22. The molecule has 2 aliphatic heterocycles. The van der Waals surface area contributed by atoms with Crippen LogP contribution in [0.4, 0.5) is 10.5 Å². The number of urea groups is 1. The molecule has 0 spiro atoms. The number of fused-ring (bicyclic) bond motifs is 2. The van der Waals surface area contributed by atoms with E-state index in [0.717, 1.165) is 54.1 Å². The number of hydrogen-bond donors (Lipinski definition) is 1. The van der Waals surface area contributed by atoms with E-state index in [4.69, 9.17) is 16.3 Å². The van der Waals surface area contributed by atoms with Gasteiger partial charge in [-0.15, -0.1) is 0 Å². The van der Waals surface area contributed by atoms with Gasteiger partial charge in [0, 0.05) is 54.1 Å². The van der Waals surface area contributed by atoms with Crippen LogP contribution in [0.2, 0.25) is 5.02 Å². The van der Waals surface area contributed by atoms with Crippen LogP contribution in [0.1, 0.15) is 5.56 Å². The minimum absolute atomic E-state index is 0.0513. The Hall–Kier alpha value is -3.61. The minimum atomic E-state index is -0.0513. The Kier molecular flexibility index (Phi) is 5.76. The Morgan fingerprint density at radius 3 is 2.71 bits per heavy atom. The van der Waals surface area contributed by atoms with Crippen molar-refractivity contribution in [1.82, 2.24) is 14.8 Å². The minimum Gasteiger partial charge on any atom is -0.457 e. The zero-order valence-electron chi connectivity index (χ0n) is 19.1. The van der Waals surface area contributed by atoms with E-state index in [1.165, 1.54) is 5.56 Å². The lowest BCUT2D eigenvalue weighted by Gasteiger charge is -2.43. The van der Waals surface area contributed by atoms with E-state index >= 15 is 0 Å². The number of anilines is 1. The molecule has 3 heterocycles. The molecule has 6 nitrogen and oxygen atoms in total. The molecule has 1 N–H and O–H groups in total. The number of ether oxygens (including phenoxy) is 1. The van der Waals surface area contributed by atoms with Gasteiger partial charge in [0.25, 0.3) is 0 Å². The molecule has 2 aliphatic rings. The van der Waals surface area contributed by atoms with Gasteiger partial charge in [-0.2, -0.15) is 0 Å². The maximum atomic E-state index is 13.0. The van der Waals surface area contributed by atoms with Crippen molar-refractivity contribution >= 4 is 34.1 Å². The third kappa shape index (κ3) is 4.55. The number of nitrogens with zero attached hydrogens (tertiary/aromatic N) is 3. The van der Waals surface area contributed by atoms with Crippen LogP contribution < -0.4 is 10.1 Å². The Morgan fingerprint density at radius 1 is 0.971 bits per heavy atom. The number of rotatable bonds is 5. The first-order valence-corrected chi connectivity index (χ1v) is 12.2. The van der Waals surface area contributed by atoms with Gasteiger partial charge in [0.1, 0.15) is 11.5 Å². The van der Waals surface area contributed by atoms with E-state index in [1.54, 1.807) is 6.20 Å². The molecular formula is C28H25ClN4O2. The summed E-state index contributed by atoms with van der Waals surface area (Å²) >= 11 is 5.96. The summed E-state index contributed by atoms with van der Waals surface area (Å²) in [6.45, 7) is 3.47. The van der Waals surface area contributed by atoms with Crippen molar-refractivity contribution in [3.8, 4) is 11.5 Å². The zero-order chi connectivity index (χ0) is 23.8. The molecule has 0 aliphatic carbocycles. The monoisotopic (exact) mass is 484 g/mol. The largest absolute Gasteiger partial charge is 0.457 e. The normalized spacial score (nSPS) is 19.3. The van der Waals surface area contributed by atoms with Crippen LogP contribution in [-0.4, -0.2) is 46.5 Å². The number of benzene rings is 3. The van der Waals surface area contributed by atoms with Crippen LogP contribution in [0.15, 0.2) is 85.2 Å². The summed E-state index contributed by atoms with van der Waals surface area (Å²) in [5.41, 5.74) is 1.94. The van der Waals surface area contributed by atoms with Crippen molar-refractivity contribution in [3.05, 3.63) is 95.8 Å². The summed E-state index contributed by atoms with van der Waals surface area (Å²) in [7, 11) is 0. The van der Waals surface area contributed by atoms with Crippen molar-refractivity contribution in [2.45, 2.75) is 12.6 Å². The standard InChI is InChI=1S/C28H25ClN4O2/c29-22-8-10-23(11-9-22)35-24-6-3-4-19(12-24)15-32-16-21-17-33(27(21)18-32)28(34)31-26-14-30-13-20-5-1-2-7-25(20)26/h1-14,21,27H,15-18H2,(H,31,34). The lowest BCUT2D eigenvalue weighted by molar-refractivity contribution is 0.0919. The van der Waals surface area contributed by atoms with Crippen molar-refractivity contribution < 1.29 is 9.53 Å². The number of carbonyl (C=O) groups excluding carboxylic acids is 1. The summed E-state index contributed by atoms with van der Waals surface area (Å²) in [5.74, 6) is 2.07. The van der Waals surface area contributed by atoms with Crippen molar-refractivity contribution in [2.24, 2.45) is 5.92 Å². The van der Waals surface area contributed by atoms with Crippen molar-refractivity contribution in [3.63, 3.8) is 0 Å². The van der Waals surface area contributed by atoms with E-state index < -0.39 is 0 Å². The van der Waals surface area contributed by atoms with Gasteiger partial charge < -0.3 is 15.0 Å². The van der Waals surface area contributed by atoms with Crippen LogP contribution >= 0.6 is 11.6 Å². The summed E-state index contributed by atoms with van der Waals surface area (Å²) in [6.07, 6.45) is 3.53. The molecule has 3 aromatic carbocycles. The molecular weight excluding hydrogens is 460 g/mol. The number of nitrogens with one attached hydrogen (secondary N) is 1. The first-order chi connectivity index (χ1) is 17.1. The van der Waals surface area contributed by atoms with E-state index in [-0.39, 0.29) is 12.1 Å². The molecule has 6 rings (SSSR count). The SMILES string of the molecule is O=C(Nc1cncc2ccccc12)N1CC2CN(Cc3cccc(Oc4ccc(Cl)cc4)c3)CC21. The lowest BCUT2D eigenvalue weighted by atomic mass is 9.92. The molecule has 2 atom stereocenters. The molecule has 2 unspecified atom stereocenters. The average molecular weight is 485 g/mol. The second-order valence-electron chi connectivity index (χ2n) is 9.22. The maximum absolute atomic E-state index is 13.0. The van der Waals surface area contributed by atoms with Gasteiger partial charge in [-0.05, 0) is 42.0 Å². The number of halogens is 1. The summed E-state index contributed by atoms with van der Waals surface area (Å²) in [5, 5.41) is 5.78. The van der Waals surface area contributed by atoms with E-state index in [1.807, 2.05) is 71.8 Å². The van der Waals surface area contributed by atoms with Crippen LogP contribution in [-0.2, 0) is 6.54 Å². The van der Waals surface area contributed by atoms with Crippen LogP contribution in [0, 0.1) is 5.92 Å². The van der Waals surface area contributed by atoms with Gasteiger partial charge in [0.2, 0.25) is 0 Å². The zero-order valence-corrected chi connectivity index (χ0v) is 19.9. The van der Waals surface area contributed by atoms with E-state index in [0.29, 0.717) is 10.9 Å². The molecule has 2 amide bonds. The maximum Gasteiger partial charge on any atom is 0.322 e. The van der Waals surface area contributed by atoms with E-state index in [9.17, 15) is 4.79 Å². The molecule has 176 valence electrons. The average Bonchev–Trinajstić information content (AvgIpc) is 3.16.